The SMILES string of the molecule is O=C(C[C@@H]1NC(=O)c2ccccc2NC1=O)NC1C2CC3CC(C2)CC1C3. The first-order valence-electron chi connectivity index (χ1n) is 10.1. The van der Waals surface area contributed by atoms with Crippen LogP contribution in [-0.2, 0) is 9.59 Å². The standard InChI is InChI=1S/C21H25N3O3/c25-18(24-19-13-6-11-5-12(8-13)9-14(19)7-11)10-17-21(27)22-16-4-2-1-3-15(16)20(26)23-17/h1-4,11-14,17,19H,5-10H2,(H,22,27)(H,23,26)(H,24,25)/t11?,12?,13?,14?,17-,19?/m0/s1. The molecule has 4 aliphatic carbocycles. The maximum Gasteiger partial charge on any atom is 0.254 e. The summed E-state index contributed by atoms with van der Waals surface area (Å²) in [6.07, 6.45) is 6.28. The van der Waals surface area contributed by atoms with Crippen LogP contribution in [0.25, 0.3) is 0 Å². The number of rotatable bonds is 3. The molecule has 27 heavy (non-hydrogen) atoms. The fourth-order valence-electron chi connectivity index (χ4n) is 6.05. The molecule has 0 radical (unpaired) electrons. The number of amides is 3. The van der Waals surface area contributed by atoms with E-state index in [9.17, 15) is 14.4 Å². The van der Waals surface area contributed by atoms with Crippen molar-refractivity contribution >= 4 is 23.4 Å². The van der Waals surface area contributed by atoms with Crippen LogP contribution in [0.4, 0.5) is 5.69 Å². The van der Waals surface area contributed by atoms with E-state index >= 15 is 0 Å². The van der Waals surface area contributed by atoms with Crippen molar-refractivity contribution in [3.05, 3.63) is 29.8 Å². The maximum absolute atomic E-state index is 12.7. The van der Waals surface area contributed by atoms with Crippen molar-refractivity contribution < 1.29 is 14.4 Å². The molecule has 142 valence electrons. The highest BCUT2D eigenvalue weighted by Crippen LogP contribution is 2.53. The molecular weight excluding hydrogens is 342 g/mol. The van der Waals surface area contributed by atoms with Gasteiger partial charge in [0.15, 0.2) is 0 Å². The van der Waals surface area contributed by atoms with E-state index in [1.165, 1.54) is 32.1 Å². The quantitative estimate of drug-likeness (QED) is 0.764. The highest BCUT2D eigenvalue weighted by atomic mass is 16.2. The van der Waals surface area contributed by atoms with E-state index < -0.39 is 6.04 Å². The van der Waals surface area contributed by atoms with Gasteiger partial charge in [-0.2, -0.15) is 0 Å². The first kappa shape index (κ1) is 16.8. The van der Waals surface area contributed by atoms with Gasteiger partial charge in [-0.1, -0.05) is 12.1 Å². The molecular formula is C21H25N3O3. The van der Waals surface area contributed by atoms with E-state index in [4.69, 9.17) is 0 Å². The lowest BCUT2D eigenvalue weighted by Crippen LogP contribution is -2.56. The third-order valence-corrected chi connectivity index (χ3v) is 7.00. The summed E-state index contributed by atoms with van der Waals surface area (Å²) >= 11 is 0. The molecule has 6 rings (SSSR count). The van der Waals surface area contributed by atoms with Gasteiger partial charge in [-0.3, -0.25) is 14.4 Å². The monoisotopic (exact) mass is 367 g/mol. The molecule has 0 spiro atoms. The fourth-order valence-corrected chi connectivity index (χ4v) is 6.05. The number of benzene rings is 1. The number of anilines is 1. The van der Waals surface area contributed by atoms with Crippen LogP contribution in [0.3, 0.4) is 0 Å². The van der Waals surface area contributed by atoms with Crippen LogP contribution in [0.5, 0.6) is 0 Å². The van der Waals surface area contributed by atoms with Gasteiger partial charge < -0.3 is 16.0 Å². The second-order valence-corrected chi connectivity index (χ2v) is 8.79. The molecule has 4 bridgehead atoms. The highest BCUT2D eigenvalue weighted by Gasteiger charge is 2.48. The molecule has 1 heterocycles. The first-order chi connectivity index (χ1) is 13.1. The summed E-state index contributed by atoms with van der Waals surface area (Å²) in [7, 11) is 0. The third-order valence-electron chi connectivity index (χ3n) is 7.00. The molecule has 0 saturated heterocycles. The van der Waals surface area contributed by atoms with Gasteiger partial charge in [0.05, 0.1) is 17.7 Å². The van der Waals surface area contributed by atoms with Gasteiger partial charge in [-0.25, -0.2) is 0 Å². The van der Waals surface area contributed by atoms with Gasteiger partial charge in [0.25, 0.3) is 5.91 Å². The van der Waals surface area contributed by atoms with E-state index in [0.29, 0.717) is 23.1 Å². The molecule has 1 atom stereocenters. The second-order valence-electron chi connectivity index (χ2n) is 8.79. The van der Waals surface area contributed by atoms with Crippen LogP contribution in [0.15, 0.2) is 24.3 Å². The number of carbonyl (C=O) groups is 3. The average Bonchev–Trinajstić information content (AvgIpc) is 2.74. The van der Waals surface area contributed by atoms with Gasteiger partial charge in [0.1, 0.15) is 6.04 Å². The van der Waals surface area contributed by atoms with Gasteiger partial charge in [-0.05, 0) is 67.9 Å². The zero-order valence-electron chi connectivity index (χ0n) is 15.2. The van der Waals surface area contributed by atoms with Crippen LogP contribution in [0.2, 0.25) is 0 Å². The zero-order valence-corrected chi connectivity index (χ0v) is 15.2. The Bertz CT molecular complexity index is 778. The molecule has 4 saturated carbocycles. The minimum Gasteiger partial charge on any atom is -0.353 e. The van der Waals surface area contributed by atoms with E-state index in [1.54, 1.807) is 24.3 Å². The summed E-state index contributed by atoms with van der Waals surface area (Å²) < 4.78 is 0. The maximum atomic E-state index is 12.7. The predicted molar refractivity (Wildman–Crippen MR) is 99.9 cm³/mol. The van der Waals surface area contributed by atoms with Crippen LogP contribution in [0.1, 0.15) is 48.9 Å². The molecule has 4 fully saturated rings. The largest absolute Gasteiger partial charge is 0.353 e. The van der Waals surface area contributed by atoms with Gasteiger partial charge in [0, 0.05) is 6.04 Å². The van der Waals surface area contributed by atoms with Crippen LogP contribution in [0, 0.1) is 23.7 Å². The number of para-hydroxylation sites is 1. The lowest BCUT2D eigenvalue weighted by molar-refractivity contribution is -0.128. The number of hydrogen-bond acceptors (Lipinski definition) is 3. The average molecular weight is 367 g/mol. The summed E-state index contributed by atoms with van der Waals surface area (Å²) in [6.45, 7) is 0. The molecule has 1 aromatic carbocycles. The fraction of sp³-hybridized carbons (Fsp3) is 0.571. The number of carbonyl (C=O) groups excluding carboxylic acids is 3. The molecule has 6 heteroatoms. The predicted octanol–water partition coefficient (Wildman–Crippen LogP) is 2.07. The van der Waals surface area contributed by atoms with Crippen molar-refractivity contribution in [2.24, 2.45) is 23.7 Å². The Hall–Kier alpha value is -2.37. The van der Waals surface area contributed by atoms with Crippen LogP contribution < -0.4 is 16.0 Å². The van der Waals surface area contributed by atoms with Crippen LogP contribution >= 0.6 is 0 Å². The highest BCUT2D eigenvalue weighted by molar-refractivity contribution is 6.10. The minimum absolute atomic E-state index is 0.0195. The smallest absolute Gasteiger partial charge is 0.254 e. The van der Waals surface area contributed by atoms with Crippen molar-refractivity contribution in [2.75, 3.05) is 5.32 Å². The summed E-state index contributed by atoms with van der Waals surface area (Å²) in [5.74, 6) is 2.08. The molecule has 6 nitrogen and oxygen atoms in total. The van der Waals surface area contributed by atoms with E-state index in [2.05, 4.69) is 16.0 Å². The first-order valence-corrected chi connectivity index (χ1v) is 10.1. The molecule has 1 aromatic rings. The Morgan fingerprint density at radius 1 is 1.00 bits per heavy atom. The molecule has 3 amide bonds. The zero-order chi connectivity index (χ0) is 18.5. The summed E-state index contributed by atoms with van der Waals surface area (Å²) in [6, 6.07) is 6.29. The van der Waals surface area contributed by atoms with Crippen molar-refractivity contribution in [3.63, 3.8) is 0 Å². The van der Waals surface area contributed by atoms with Crippen LogP contribution in [-0.4, -0.2) is 29.8 Å². The molecule has 3 N–H and O–H groups in total. The van der Waals surface area contributed by atoms with Gasteiger partial charge >= 0.3 is 0 Å². The summed E-state index contributed by atoms with van der Waals surface area (Å²) in [5, 5.41) is 8.68. The van der Waals surface area contributed by atoms with E-state index in [-0.39, 0.29) is 30.2 Å². The summed E-state index contributed by atoms with van der Waals surface area (Å²) in [4.78, 5) is 37.6. The number of fused-ring (bicyclic) bond motifs is 1. The Labute approximate surface area is 158 Å². The molecule has 1 aliphatic heterocycles. The number of nitrogens with one attached hydrogen (secondary N) is 3. The van der Waals surface area contributed by atoms with E-state index in [0.717, 1.165) is 11.8 Å². The van der Waals surface area contributed by atoms with Gasteiger partial charge in [0.2, 0.25) is 11.8 Å². The molecule has 0 aromatic heterocycles. The van der Waals surface area contributed by atoms with Crippen molar-refractivity contribution in [3.8, 4) is 0 Å². The lowest BCUT2D eigenvalue weighted by atomic mass is 9.54. The van der Waals surface area contributed by atoms with E-state index in [1.807, 2.05) is 0 Å². The topological polar surface area (TPSA) is 87.3 Å². The van der Waals surface area contributed by atoms with Crippen molar-refractivity contribution in [2.45, 2.75) is 50.6 Å². The van der Waals surface area contributed by atoms with Crippen molar-refractivity contribution in [1.29, 1.82) is 0 Å². The Balaban J connectivity index is 1.25. The Kier molecular flexibility index (Phi) is 3.95. The number of hydrogen-bond donors (Lipinski definition) is 3. The Morgan fingerprint density at radius 3 is 2.37 bits per heavy atom. The van der Waals surface area contributed by atoms with Gasteiger partial charge in [-0.15, -0.1) is 0 Å². The molecule has 5 aliphatic rings. The third kappa shape index (κ3) is 3.01. The normalized spacial score (nSPS) is 36.4. The molecule has 0 unspecified atom stereocenters. The lowest BCUT2D eigenvalue weighted by Gasteiger charge is -2.54. The Morgan fingerprint density at radius 2 is 1.67 bits per heavy atom. The second kappa shape index (κ2) is 6.36. The minimum atomic E-state index is -0.846. The van der Waals surface area contributed by atoms with Crippen molar-refractivity contribution in [1.82, 2.24) is 10.6 Å². The summed E-state index contributed by atoms with van der Waals surface area (Å²) in [5.41, 5.74) is 0.916.